The summed E-state index contributed by atoms with van der Waals surface area (Å²) in [5.41, 5.74) is 1.13. The van der Waals surface area contributed by atoms with Crippen molar-refractivity contribution in [3.8, 4) is 0 Å². The Bertz CT molecular complexity index is 321. The normalized spacial score (nSPS) is 49.6. The summed E-state index contributed by atoms with van der Waals surface area (Å²) >= 11 is 0. The minimum absolute atomic E-state index is 0.314. The van der Waals surface area contributed by atoms with Gasteiger partial charge in [0.25, 0.3) is 0 Å². The van der Waals surface area contributed by atoms with Crippen LogP contribution in [0.5, 0.6) is 0 Å². The van der Waals surface area contributed by atoms with Gasteiger partial charge in [0, 0.05) is 34.7 Å². The zero-order valence-electron chi connectivity index (χ0n) is 8.93. The number of allylic oxidation sites excluding steroid dienone is 2. The second-order valence-electron chi connectivity index (χ2n) is 4.33. The highest BCUT2D eigenvalue weighted by atomic mass is 32.2. The molecule has 5 unspecified atom stereocenters. The van der Waals surface area contributed by atoms with Crippen LogP contribution in [0.1, 0.15) is 13.8 Å². The van der Waals surface area contributed by atoms with Crippen LogP contribution in [0, 0.1) is 17.8 Å². The van der Waals surface area contributed by atoms with Gasteiger partial charge < -0.3 is 0 Å². The summed E-state index contributed by atoms with van der Waals surface area (Å²) < 4.78 is 11.9. The van der Waals surface area contributed by atoms with E-state index in [9.17, 15) is 4.21 Å². The Balaban J connectivity index is 2.37. The van der Waals surface area contributed by atoms with Gasteiger partial charge in [-0.15, -0.1) is 0 Å². The van der Waals surface area contributed by atoms with Crippen LogP contribution >= 0.6 is 0 Å². The zero-order valence-corrected chi connectivity index (χ0v) is 9.75. The molecular weight excluding hydrogens is 194 g/mol. The molecule has 0 N–H and O–H groups in total. The lowest BCUT2D eigenvalue weighted by atomic mass is 9.79. The maximum absolute atomic E-state index is 11.9. The molecule has 1 saturated heterocycles. The van der Waals surface area contributed by atoms with Crippen molar-refractivity contribution >= 4 is 16.5 Å². The Labute approximate surface area is 88.0 Å². The molecule has 0 aromatic carbocycles. The van der Waals surface area contributed by atoms with E-state index in [2.05, 4.69) is 31.0 Å². The summed E-state index contributed by atoms with van der Waals surface area (Å²) in [6.07, 6.45) is 4.46. The molecule has 0 bridgehead atoms. The first-order valence-electron chi connectivity index (χ1n) is 5.16. The van der Waals surface area contributed by atoms with Gasteiger partial charge in [0.15, 0.2) is 0 Å². The largest absolute Gasteiger partial charge is 0.296 e. The fraction of sp³-hybridized carbons (Fsp3) is 0.727. The minimum atomic E-state index is -0.702. The van der Waals surface area contributed by atoms with E-state index in [1.54, 1.807) is 0 Å². The topological polar surface area (TPSA) is 29.4 Å². The van der Waals surface area contributed by atoms with E-state index in [1.807, 2.05) is 7.05 Å². The highest BCUT2D eigenvalue weighted by molar-refractivity contribution is 7.87. The molecule has 1 aliphatic carbocycles. The van der Waals surface area contributed by atoms with E-state index in [4.69, 9.17) is 0 Å². The molecule has 1 fully saturated rings. The van der Waals surface area contributed by atoms with E-state index in [1.165, 1.54) is 0 Å². The first kappa shape index (κ1) is 10.1. The summed E-state index contributed by atoms with van der Waals surface area (Å²) in [5, 5.41) is 0.314. The molecule has 0 amide bonds. The van der Waals surface area contributed by atoms with Gasteiger partial charge in [-0.3, -0.25) is 9.20 Å². The SMILES string of the molecule is CN=C1CS(=O)C2C1C=CC(C)C2C. The number of hydrogen-bond acceptors (Lipinski definition) is 2. The molecule has 0 aromatic rings. The molecule has 78 valence electrons. The first-order chi connectivity index (χ1) is 6.65. The van der Waals surface area contributed by atoms with Crippen molar-refractivity contribution in [1.29, 1.82) is 0 Å². The number of fused-ring (bicyclic) bond motifs is 1. The summed E-state index contributed by atoms with van der Waals surface area (Å²) in [6, 6.07) is 0. The molecule has 0 radical (unpaired) electrons. The summed E-state index contributed by atoms with van der Waals surface area (Å²) in [5.74, 6) is 2.11. The predicted octanol–water partition coefficient (Wildman–Crippen LogP) is 1.65. The van der Waals surface area contributed by atoms with E-state index >= 15 is 0 Å². The van der Waals surface area contributed by atoms with Crippen LogP contribution in [0.4, 0.5) is 0 Å². The molecule has 1 aliphatic heterocycles. The molecule has 0 aromatic heterocycles. The maximum Gasteiger partial charge on any atom is 0.0624 e. The monoisotopic (exact) mass is 211 g/mol. The Morgan fingerprint density at radius 3 is 2.79 bits per heavy atom. The third-order valence-electron chi connectivity index (χ3n) is 3.59. The summed E-state index contributed by atoms with van der Waals surface area (Å²) in [7, 11) is 1.11. The number of hydrogen-bond donors (Lipinski definition) is 0. The van der Waals surface area contributed by atoms with Crippen LogP contribution in [0.25, 0.3) is 0 Å². The van der Waals surface area contributed by atoms with Gasteiger partial charge >= 0.3 is 0 Å². The fourth-order valence-electron chi connectivity index (χ4n) is 2.46. The van der Waals surface area contributed by atoms with E-state index in [-0.39, 0.29) is 0 Å². The summed E-state index contributed by atoms with van der Waals surface area (Å²) in [4.78, 5) is 4.25. The Hall–Kier alpha value is -0.440. The molecule has 14 heavy (non-hydrogen) atoms. The number of nitrogens with zero attached hydrogens (tertiary/aromatic N) is 1. The smallest absolute Gasteiger partial charge is 0.0624 e. The van der Waals surface area contributed by atoms with Crippen LogP contribution in [-0.2, 0) is 10.8 Å². The van der Waals surface area contributed by atoms with Crippen molar-refractivity contribution < 1.29 is 4.21 Å². The molecular formula is C11H17NOS. The van der Waals surface area contributed by atoms with Crippen LogP contribution < -0.4 is 0 Å². The van der Waals surface area contributed by atoms with E-state index in [0.29, 0.717) is 28.8 Å². The minimum Gasteiger partial charge on any atom is -0.296 e. The van der Waals surface area contributed by atoms with Crippen molar-refractivity contribution in [1.82, 2.24) is 0 Å². The molecule has 5 atom stereocenters. The Morgan fingerprint density at radius 1 is 1.43 bits per heavy atom. The predicted molar refractivity (Wildman–Crippen MR) is 61.1 cm³/mol. The number of rotatable bonds is 0. The molecule has 0 saturated carbocycles. The lowest BCUT2D eigenvalue weighted by Crippen LogP contribution is -2.33. The van der Waals surface area contributed by atoms with E-state index in [0.717, 1.165) is 5.71 Å². The second kappa shape index (κ2) is 3.61. The average molecular weight is 211 g/mol. The van der Waals surface area contributed by atoms with Gasteiger partial charge in [-0.2, -0.15) is 0 Å². The van der Waals surface area contributed by atoms with Crippen molar-refractivity contribution in [2.75, 3.05) is 12.8 Å². The Morgan fingerprint density at radius 2 is 2.14 bits per heavy atom. The van der Waals surface area contributed by atoms with Crippen molar-refractivity contribution in [3.05, 3.63) is 12.2 Å². The van der Waals surface area contributed by atoms with Gasteiger partial charge in [-0.1, -0.05) is 26.0 Å². The lowest BCUT2D eigenvalue weighted by molar-refractivity contribution is 0.399. The van der Waals surface area contributed by atoms with Gasteiger partial charge in [0.05, 0.1) is 5.75 Å². The maximum atomic E-state index is 11.9. The average Bonchev–Trinajstić information content (AvgIpc) is 2.49. The van der Waals surface area contributed by atoms with Crippen LogP contribution in [-0.4, -0.2) is 28.0 Å². The highest BCUT2D eigenvalue weighted by Crippen LogP contribution is 2.37. The molecule has 1 heterocycles. The van der Waals surface area contributed by atoms with Gasteiger partial charge in [-0.05, 0) is 11.8 Å². The van der Waals surface area contributed by atoms with E-state index < -0.39 is 10.8 Å². The fourth-order valence-corrected chi connectivity index (χ4v) is 4.57. The summed E-state index contributed by atoms with van der Waals surface area (Å²) in [6.45, 7) is 4.41. The van der Waals surface area contributed by atoms with Gasteiger partial charge in [0.2, 0.25) is 0 Å². The van der Waals surface area contributed by atoms with Gasteiger partial charge in [0.1, 0.15) is 0 Å². The highest BCUT2D eigenvalue weighted by Gasteiger charge is 2.43. The molecule has 3 heteroatoms. The first-order valence-corrected chi connectivity index (χ1v) is 6.54. The van der Waals surface area contributed by atoms with Gasteiger partial charge in [-0.25, -0.2) is 0 Å². The standard InChI is InChI=1S/C11H17NOS/c1-7-4-5-9-10(12-3)6-14(13)11(9)8(7)2/h4-5,7-9,11H,6H2,1-3H3. The van der Waals surface area contributed by atoms with Crippen molar-refractivity contribution in [3.63, 3.8) is 0 Å². The lowest BCUT2D eigenvalue weighted by Gasteiger charge is -2.30. The van der Waals surface area contributed by atoms with Crippen LogP contribution in [0.2, 0.25) is 0 Å². The third kappa shape index (κ3) is 1.38. The third-order valence-corrected chi connectivity index (χ3v) is 5.50. The number of aliphatic imine (C=N–C) groups is 1. The van der Waals surface area contributed by atoms with Crippen molar-refractivity contribution in [2.45, 2.75) is 19.1 Å². The second-order valence-corrected chi connectivity index (χ2v) is 5.93. The zero-order chi connectivity index (χ0) is 10.3. The Kier molecular flexibility index (Phi) is 2.60. The van der Waals surface area contributed by atoms with Crippen molar-refractivity contribution in [2.24, 2.45) is 22.7 Å². The van der Waals surface area contributed by atoms with Crippen LogP contribution in [0.3, 0.4) is 0 Å². The molecule has 2 aliphatic rings. The molecule has 2 nitrogen and oxygen atoms in total. The molecule has 2 rings (SSSR count). The molecule has 0 spiro atoms. The van der Waals surface area contributed by atoms with Crippen LogP contribution in [0.15, 0.2) is 17.1 Å². The quantitative estimate of drug-likeness (QED) is 0.560.